The van der Waals surface area contributed by atoms with Crippen molar-refractivity contribution in [2.75, 3.05) is 22.9 Å². The fraction of sp³-hybridized carbons (Fsp3) is 0.226. The van der Waals surface area contributed by atoms with E-state index < -0.39 is 17.7 Å². The summed E-state index contributed by atoms with van der Waals surface area (Å²) in [6.45, 7) is 9.88. The molecule has 1 atom stereocenters. The second-order valence-corrected chi connectivity index (χ2v) is 9.53. The number of aliphatic hydroxyl groups is 1. The molecule has 0 saturated carbocycles. The summed E-state index contributed by atoms with van der Waals surface area (Å²) < 4.78 is 0. The van der Waals surface area contributed by atoms with Crippen LogP contribution in [-0.4, -0.2) is 34.9 Å². The van der Waals surface area contributed by atoms with E-state index in [0.717, 1.165) is 46.4 Å². The number of aliphatic hydroxyl groups excluding tert-OH is 1. The van der Waals surface area contributed by atoms with Crippen LogP contribution in [0.25, 0.3) is 16.7 Å². The van der Waals surface area contributed by atoms with Crippen molar-refractivity contribution < 1.29 is 14.7 Å². The highest BCUT2D eigenvalue weighted by atomic mass is 16.3. The van der Waals surface area contributed by atoms with Gasteiger partial charge in [0.15, 0.2) is 0 Å². The fourth-order valence-corrected chi connectivity index (χ4v) is 5.37. The first-order valence-corrected chi connectivity index (χ1v) is 12.6. The van der Waals surface area contributed by atoms with E-state index in [4.69, 9.17) is 0 Å². The van der Waals surface area contributed by atoms with Crippen molar-refractivity contribution in [3.63, 3.8) is 0 Å². The van der Waals surface area contributed by atoms with E-state index in [0.29, 0.717) is 11.3 Å². The maximum Gasteiger partial charge on any atom is 0.300 e. The van der Waals surface area contributed by atoms with Gasteiger partial charge in [0.25, 0.3) is 11.7 Å². The Kier molecular flexibility index (Phi) is 6.34. The zero-order valence-electron chi connectivity index (χ0n) is 21.6. The molecular formula is C31H31N3O3. The van der Waals surface area contributed by atoms with Crippen LogP contribution in [0, 0.1) is 13.8 Å². The molecule has 2 N–H and O–H groups in total. The number of rotatable bonds is 6. The monoisotopic (exact) mass is 493 g/mol. The zero-order valence-corrected chi connectivity index (χ0v) is 21.6. The first-order valence-electron chi connectivity index (χ1n) is 12.6. The Hall–Kier alpha value is -4.32. The van der Waals surface area contributed by atoms with Crippen molar-refractivity contribution >= 4 is 39.7 Å². The van der Waals surface area contributed by atoms with Crippen LogP contribution < -0.4 is 9.80 Å². The average molecular weight is 494 g/mol. The molecule has 6 nitrogen and oxygen atoms in total. The first-order chi connectivity index (χ1) is 17.8. The van der Waals surface area contributed by atoms with Crippen LogP contribution in [-0.2, 0) is 9.59 Å². The number of aromatic nitrogens is 1. The van der Waals surface area contributed by atoms with Gasteiger partial charge in [-0.05, 0) is 74.7 Å². The van der Waals surface area contributed by atoms with E-state index in [-0.39, 0.29) is 11.3 Å². The van der Waals surface area contributed by atoms with Gasteiger partial charge in [-0.3, -0.25) is 14.5 Å². The van der Waals surface area contributed by atoms with E-state index >= 15 is 0 Å². The lowest BCUT2D eigenvalue weighted by atomic mass is 9.94. The molecule has 1 aromatic heterocycles. The van der Waals surface area contributed by atoms with Gasteiger partial charge in [0, 0.05) is 47.1 Å². The molecule has 2 heterocycles. The number of carbonyl (C=O) groups is 2. The summed E-state index contributed by atoms with van der Waals surface area (Å²) in [4.78, 5) is 34.0. The Labute approximate surface area is 216 Å². The lowest BCUT2D eigenvalue weighted by molar-refractivity contribution is -0.132. The van der Waals surface area contributed by atoms with Gasteiger partial charge < -0.3 is 15.0 Å². The fourth-order valence-electron chi connectivity index (χ4n) is 5.37. The van der Waals surface area contributed by atoms with Gasteiger partial charge in [0.05, 0.1) is 11.6 Å². The summed E-state index contributed by atoms with van der Waals surface area (Å²) in [6.07, 6.45) is 1.69. The van der Waals surface area contributed by atoms with Gasteiger partial charge in [-0.1, -0.05) is 36.4 Å². The van der Waals surface area contributed by atoms with Crippen LogP contribution >= 0.6 is 0 Å². The van der Waals surface area contributed by atoms with Crippen molar-refractivity contribution in [1.82, 2.24) is 4.98 Å². The summed E-state index contributed by atoms with van der Waals surface area (Å²) in [5, 5.41) is 12.4. The van der Waals surface area contributed by atoms with E-state index in [1.54, 1.807) is 6.20 Å². The second-order valence-electron chi connectivity index (χ2n) is 9.53. The summed E-state index contributed by atoms with van der Waals surface area (Å²) in [7, 11) is 0. The zero-order chi connectivity index (χ0) is 26.3. The Balaban J connectivity index is 1.72. The van der Waals surface area contributed by atoms with Gasteiger partial charge >= 0.3 is 0 Å². The molecule has 1 unspecified atom stereocenters. The molecule has 1 saturated heterocycles. The topological polar surface area (TPSA) is 76.6 Å². The Morgan fingerprint density at radius 3 is 2.24 bits per heavy atom. The number of hydrogen-bond acceptors (Lipinski definition) is 4. The molecular weight excluding hydrogens is 462 g/mol. The smallest absolute Gasteiger partial charge is 0.300 e. The molecule has 1 fully saturated rings. The van der Waals surface area contributed by atoms with Crippen LogP contribution in [0.15, 0.2) is 78.5 Å². The van der Waals surface area contributed by atoms with Gasteiger partial charge in [-0.25, -0.2) is 0 Å². The number of benzene rings is 3. The number of amides is 1. The molecule has 4 aromatic rings. The number of Topliss-reactive ketones (excluding diaryl/α,β-unsaturated/α-hetero) is 1. The molecule has 188 valence electrons. The molecule has 1 aliphatic rings. The Bertz CT molecular complexity index is 1510. The minimum absolute atomic E-state index is 0.0875. The number of ketones is 1. The normalized spacial score (nSPS) is 17.1. The number of nitrogens with one attached hydrogen (secondary N) is 1. The third-order valence-electron chi connectivity index (χ3n) is 7.11. The van der Waals surface area contributed by atoms with Crippen molar-refractivity contribution in [3.8, 4) is 0 Å². The summed E-state index contributed by atoms with van der Waals surface area (Å²) >= 11 is 0. The number of carbonyl (C=O) groups excluding carboxylic acids is 2. The molecule has 1 aliphatic heterocycles. The highest BCUT2D eigenvalue weighted by Gasteiger charge is 2.47. The predicted molar refractivity (Wildman–Crippen MR) is 149 cm³/mol. The molecule has 5 rings (SSSR count). The number of nitrogens with zero attached hydrogens (tertiary/aromatic N) is 2. The minimum atomic E-state index is -0.763. The highest BCUT2D eigenvalue weighted by molar-refractivity contribution is 6.51. The predicted octanol–water partition coefficient (Wildman–Crippen LogP) is 6.26. The quantitative estimate of drug-likeness (QED) is 0.189. The van der Waals surface area contributed by atoms with Gasteiger partial charge in [0.2, 0.25) is 0 Å². The summed E-state index contributed by atoms with van der Waals surface area (Å²) in [6, 6.07) is 20.6. The van der Waals surface area contributed by atoms with Crippen molar-refractivity contribution in [2.24, 2.45) is 0 Å². The van der Waals surface area contributed by atoms with Gasteiger partial charge in [-0.2, -0.15) is 0 Å². The highest BCUT2D eigenvalue weighted by Crippen LogP contribution is 2.43. The maximum absolute atomic E-state index is 13.6. The lowest BCUT2D eigenvalue weighted by Gasteiger charge is -2.27. The number of fused-ring (bicyclic) bond motifs is 1. The lowest BCUT2D eigenvalue weighted by Crippen LogP contribution is -2.29. The minimum Gasteiger partial charge on any atom is -0.507 e. The number of H-pyrrole nitrogens is 1. The largest absolute Gasteiger partial charge is 0.507 e. The number of para-hydroxylation sites is 1. The third kappa shape index (κ3) is 4.18. The molecule has 6 heteroatoms. The van der Waals surface area contributed by atoms with Crippen molar-refractivity contribution in [2.45, 2.75) is 33.7 Å². The van der Waals surface area contributed by atoms with Crippen molar-refractivity contribution in [1.29, 1.82) is 0 Å². The second kappa shape index (κ2) is 9.62. The number of aryl methyl sites for hydroxylation is 2. The van der Waals surface area contributed by atoms with E-state index in [2.05, 4.69) is 23.7 Å². The molecule has 1 amide bonds. The van der Waals surface area contributed by atoms with Gasteiger partial charge in [-0.15, -0.1) is 0 Å². The third-order valence-corrected chi connectivity index (χ3v) is 7.11. The van der Waals surface area contributed by atoms with Crippen LogP contribution in [0.5, 0.6) is 0 Å². The Morgan fingerprint density at radius 2 is 1.59 bits per heavy atom. The molecule has 3 aromatic carbocycles. The SMILES string of the molecule is CCN(CC)c1ccc(C2/C(=C(/O)c3c[nH]c4ccccc34)C(=O)C(=O)N2c2cc(C)cc(C)c2)cc1. The van der Waals surface area contributed by atoms with Crippen LogP contribution in [0.1, 0.15) is 42.1 Å². The summed E-state index contributed by atoms with van der Waals surface area (Å²) in [5.74, 6) is -1.52. The van der Waals surface area contributed by atoms with E-state index in [9.17, 15) is 14.7 Å². The van der Waals surface area contributed by atoms with Crippen LogP contribution in [0.4, 0.5) is 11.4 Å². The first kappa shape index (κ1) is 24.4. The standard InChI is InChI=1S/C31H31N3O3/c1-5-33(6-2)22-13-11-21(12-14-22)28-27(29(35)25-18-32-26-10-8-7-9-24(25)26)30(36)31(37)34(28)23-16-19(3)15-20(4)17-23/h7-18,28,32,35H,5-6H2,1-4H3/b29-27-. The number of anilines is 2. The summed E-state index contributed by atoms with van der Waals surface area (Å²) in [5.41, 5.74) is 5.86. The average Bonchev–Trinajstić information content (AvgIpc) is 3.43. The maximum atomic E-state index is 13.6. The molecule has 0 aliphatic carbocycles. The van der Waals surface area contributed by atoms with Crippen molar-refractivity contribution in [3.05, 3.63) is 101 Å². The molecule has 37 heavy (non-hydrogen) atoms. The van der Waals surface area contributed by atoms with E-state index in [1.165, 1.54) is 4.90 Å². The number of hydrogen-bond donors (Lipinski definition) is 2. The Morgan fingerprint density at radius 1 is 0.946 bits per heavy atom. The molecule has 0 radical (unpaired) electrons. The molecule has 0 bridgehead atoms. The van der Waals surface area contributed by atoms with Gasteiger partial charge in [0.1, 0.15) is 5.76 Å². The molecule has 0 spiro atoms. The number of aromatic amines is 1. The van der Waals surface area contributed by atoms with Crippen LogP contribution in [0.3, 0.4) is 0 Å². The van der Waals surface area contributed by atoms with Crippen LogP contribution in [0.2, 0.25) is 0 Å². The van der Waals surface area contributed by atoms with E-state index in [1.807, 2.05) is 80.6 Å².